The molecule has 20 nitrogen and oxygen atoms in total. The summed E-state index contributed by atoms with van der Waals surface area (Å²) < 4.78 is 81.3. The third kappa shape index (κ3) is 14.3. The van der Waals surface area contributed by atoms with Gasteiger partial charge in [0.05, 0.1) is 31.2 Å². The number of likely N-dealkylation sites (tertiary alicyclic amines) is 4. The summed E-state index contributed by atoms with van der Waals surface area (Å²) in [7, 11) is 1.39. The lowest BCUT2D eigenvalue weighted by Gasteiger charge is -2.47. The fourth-order valence-electron chi connectivity index (χ4n) is 19.4. The number of benzene rings is 3. The Morgan fingerprint density at radius 3 is 1.33 bits per heavy atom. The second-order valence-electron chi connectivity index (χ2n) is 30.5. The number of carbonyl (C=O) groups is 6. The minimum absolute atomic E-state index is 0.00401. The van der Waals surface area contributed by atoms with Crippen molar-refractivity contribution in [3.8, 4) is 0 Å². The van der Waals surface area contributed by atoms with E-state index in [-0.39, 0.29) is 107 Å². The second-order valence-corrected chi connectivity index (χ2v) is 30.5. The van der Waals surface area contributed by atoms with E-state index in [1.807, 2.05) is 30.6 Å². The Labute approximate surface area is 579 Å². The average molecular weight is 1380 g/mol. The van der Waals surface area contributed by atoms with Gasteiger partial charge in [-0.2, -0.15) is 0 Å². The number of methoxy groups -OCH3 is 1. The number of hydrogen-bond donors (Lipinski definition) is 0. The number of ether oxygens (including phenoxy) is 5. The summed E-state index contributed by atoms with van der Waals surface area (Å²) in [4.78, 5) is 93.1. The summed E-state index contributed by atoms with van der Waals surface area (Å²) in [6.07, 6.45) is 17.7. The molecule has 3 aromatic carbocycles. The summed E-state index contributed by atoms with van der Waals surface area (Å²) in [5.41, 5.74) is 4.63. The molecule has 9 fully saturated rings. The Hall–Kier alpha value is -6.92. The van der Waals surface area contributed by atoms with Crippen LogP contribution in [0.1, 0.15) is 173 Å². The van der Waals surface area contributed by atoms with E-state index in [1.165, 1.54) is 25.3 Å². The molecule has 3 spiro atoms. The molecule has 0 N–H and O–H groups in total. The lowest BCUT2D eigenvalue weighted by molar-refractivity contribution is -0.116. The van der Waals surface area contributed by atoms with Crippen LogP contribution >= 0.6 is 0 Å². The van der Waals surface area contributed by atoms with Crippen LogP contribution in [0.25, 0.3) is 0 Å². The fraction of sp³-hybridized carbons (Fsp3) is 0.680. The standard InChI is InChI=1S/C28H38FN3O4.C24H32FN3O4.C23H31F2N3O3/c1-18(2)35-27(34)32-20-7-8-21(32)16-22(15-20)30-12-10-28(11-13-30)17-31(26(33)36-23-4-3-5-23)25-9-6-19(29)14-24(25)28;1-3-32-23(30)28-17-5-6-18(28)14-19(13-17)26-10-8-24(9-11-26)15-27(22(29)31-2)21-7-4-16(25)12-20(21)24;1-17(29)28-16-23(20-15-18(25)4-5-21(20)28)7-12-26(13-8-23)19-3-2-10-27(11-6-19)22(30)31-14-9-24/h6,9,14,18,20-23H,3-5,7-8,10-13,15-17H2,1-2H3;4,7,12,17-19H,3,5-6,8-11,13-15H2,1-2H3;4-5,15,19H,2-3,6-14,16H2,1H3. The first kappa shape index (κ1) is 70.5. The largest absolute Gasteiger partial charge is 0.452 e. The van der Waals surface area contributed by atoms with Gasteiger partial charge in [0.1, 0.15) is 36.8 Å². The lowest BCUT2D eigenvalue weighted by Crippen LogP contribution is -2.55. The van der Waals surface area contributed by atoms with E-state index >= 15 is 0 Å². The Morgan fingerprint density at radius 2 is 0.919 bits per heavy atom. The van der Waals surface area contributed by atoms with Gasteiger partial charge in [-0.1, -0.05) is 0 Å². The quantitative estimate of drug-likeness (QED) is 0.154. The van der Waals surface area contributed by atoms with Gasteiger partial charge in [0.25, 0.3) is 0 Å². The second kappa shape index (κ2) is 29.6. The Kier molecular flexibility index (Phi) is 21.1. The Morgan fingerprint density at radius 1 is 0.485 bits per heavy atom. The van der Waals surface area contributed by atoms with E-state index in [4.69, 9.17) is 23.7 Å². The van der Waals surface area contributed by atoms with Crippen LogP contribution in [0.5, 0.6) is 0 Å². The summed E-state index contributed by atoms with van der Waals surface area (Å²) in [6.45, 7) is 15.2. The van der Waals surface area contributed by atoms with Gasteiger partial charge in [-0.15, -0.1) is 0 Å². The lowest BCUT2D eigenvalue weighted by atomic mass is 9.73. The number of hydrogen-bond acceptors (Lipinski definition) is 14. The summed E-state index contributed by atoms with van der Waals surface area (Å²) in [5.74, 6) is -0.771. The van der Waals surface area contributed by atoms with Crippen molar-refractivity contribution in [2.45, 2.75) is 227 Å². The molecule has 24 heteroatoms. The maximum Gasteiger partial charge on any atom is 0.414 e. The Bertz CT molecular complexity index is 3420. The molecule has 11 aliphatic heterocycles. The molecule has 4 bridgehead atoms. The van der Waals surface area contributed by atoms with Crippen molar-refractivity contribution >= 4 is 53.4 Å². The highest BCUT2D eigenvalue weighted by atomic mass is 19.1. The van der Waals surface area contributed by atoms with Crippen LogP contribution in [0.2, 0.25) is 0 Å². The zero-order chi connectivity index (χ0) is 69.5. The molecule has 11 heterocycles. The van der Waals surface area contributed by atoms with E-state index in [2.05, 4.69) is 14.7 Å². The molecule has 0 aromatic heterocycles. The van der Waals surface area contributed by atoms with E-state index in [1.54, 1.807) is 62.9 Å². The molecule has 12 aliphatic rings. The van der Waals surface area contributed by atoms with Crippen molar-refractivity contribution < 1.29 is 70.0 Å². The molecule has 1 saturated carbocycles. The first-order chi connectivity index (χ1) is 47.7. The maximum absolute atomic E-state index is 14.4. The molecule has 8 saturated heterocycles. The first-order valence-electron chi connectivity index (χ1n) is 36.9. The summed E-state index contributed by atoms with van der Waals surface area (Å²) >= 11 is 0. The van der Waals surface area contributed by atoms with E-state index < -0.39 is 12.8 Å². The van der Waals surface area contributed by atoms with Gasteiger partial charge >= 0.3 is 30.5 Å². The number of anilines is 3. The molecule has 15 rings (SSSR count). The maximum atomic E-state index is 14.4. The van der Waals surface area contributed by atoms with Gasteiger partial charge in [0, 0.05) is 104 Å². The number of halogens is 4. The minimum atomic E-state index is -0.661. The monoisotopic (exact) mass is 1380 g/mol. The van der Waals surface area contributed by atoms with Crippen LogP contribution in [0.4, 0.5) is 58.6 Å². The molecule has 5 unspecified atom stereocenters. The number of rotatable bonds is 8. The predicted octanol–water partition coefficient (Wildman–Crippen LogP) is 12.6. The number of piperidine rings is 5. The number of alkyl halides is 1. The van der Waals surface area contributed by atoms with E-state index in [9.17, 15) is 46.3 Å². The average Bonchev–Trinajstić information content (AvgIpc) is 1.61. The summed E-state index contributed by atoms with van der Waals surface area (Å²) in [5, 5.41) is 0. The van der Waals surface area contributed by atoms with Crippen molar-refractivity contribution in [1.82, 2.24) is 29.4 Å². The van der Waals surface area contributed by atoms with Gasteiger partial charge in [0.15, 0.2) is 0 Å². The fourth-order valence-corrected chi connectivity index (χ4v) is 19.4. The predicted molar refractivity (Wildman–Crippen MR) is 364 cm³/mol. The van der Waals surface area contributed by atoms with Crippen LogP contribution in [-0.2, 0) is 44.7 Å². The first-order valence-corrected chi connectivity index (χ1v) is 36.9. The molecule has 99 heavy (non-hydrogen) atoms. The Balaban J connectivity index is 0.000000134. The highest BCUT2D eigenvalue weighted by Crippen LogP contribution is 2.52. The third-order valence-corrected chi connectivity index (χ3v) is 24.7. The zero-order valence-corrected chi connectivity index (χ0v) is 58.5. The summed E-state index contributed by atoms with van der Waals surface area (Å²) in [6, 6.07) is 16.7. The molecular formula is C75H101F4N9O11. The minimum Gasteiger partial charge on any atom is -0.452 e. The normalized spacial score (nSPS) is 27.3. The van der Waals surface area contributed by atoms with Crippen LogP contribution in [-0.4, -0.2) is 219 Å². The van der Waals surface area contributed by atoms with Crippen LogP contribution in [0, 0.1) is 17.5 Å². The van der Waals surface area contributed by atoms with Crippen molar-refractivity contribution in [2.75, 3.05) is 114 Å². The van der Waals surface area contributed by atoms with Crippen molar-refractivity contribution in [1.29, 1.82) is 0 Å². The highest BCUT2D eigenvalue weighted by molar-refractivity contribution is 5.95. The number of fused-ring (bicyclic) bond motifs is 10. The zero-order valence-electron chi connectivity index (χ0n) is 58.5. The molecule has 0 radical (unpaired) electrons. The number of nitrogens with zero attached hydrogens (tertiary/aromatic N) is 9. The molecule has 3 aromatic rings. The van der Waals surface area contributed by atoms with E-state index in [0.29, 0.717) is 57.5 Å². The van der Waals surface area contributed by atoms with Crippen molar-refractivity contribution in [3.63, 3.8) is 0 Å². The molecule has 5 atom stereocenters. The topological polar surface area (TPSA) is 178 Å². The van der Waals surface area contributed by atoms with Gasteiger partial charge in [-0.25, -0.2) is 41.5 Å². The van der Waals surface area contributed by atoms with Gasteiger partial charge in [-0.05, 0) is 260 Å². The molecule has 1 aliphatic carbocycles. The molecule has 6 amide bonds. The third-order valence-electron chi connectivity index (χ3n) is 24.7. The molecule has 540 valence electrons. The van der Waals surface area contributed by atoms with E-state index in [0.717, 1.165) is 201 Å². The number of amides is 6. The van der Waals surface area contributed by atoms with Gasteiger partial charge < -0.3 is 58.0 Å². The smallest absolute Gasteiger partial charge is 0.414 e. The highest BCUT2D eigenvalue weighted by Gasteiger charge is 2.54. The van der Waals surface area contributed by atoms with Gasteiger partial charge in [0.2, 0.25) is 5.91 Å². The SMILES string of the molecule is CC(=O)N1CC2(CCN(C3CCCN(C(=O)OCCF)CC3)CC2)c2cc(F)ccc21.CC(C)OC(=O)N1C2CCC1CC(N1CCC3(CC1)CN(C(=O)OC1CCC1)c1ccc(F)cc13)C2.CCOC(=O)N1C2CCC1CC(N1CCC3(CC1)CN(C(=O)OC)c1ccc(F)cc13)C2. The van der Waals surface area contributed by atoms with Gasteiger partial charge in [-0.3, -0.25) is 14.6 Å². The van der Waals surface area contributed by atoms with Crippen molar-refractivity contribution in [2.24, 2.45) is 0 Å². The van der Waals surface area contributed by atoms with Crippen LogP contribution < -0.4 is 14.7 Å². The molecular weight excluding hydrogens is 1280 g/mol. The van der Waals surface area contributed by atoms with Crippen LogP contribution in [0.3, 0.4) is 0 Å². The van der Waals surface area contributed by atoms with Crippen molar-refractivity contribution in [3.05, 3.63) is 88.7 Å². The van der Waals surface area contributed by atoms with Crippen LogP contribution in [0.15, 0.2) is 54.6 Å². The number of carbonyl (C=O) groups excluding carboxylic acids is 6.